The van der Waals surface area contributed by atoms with Crippen LogP contribution in [-0.2, 0) is 4.74 Å². The summed E-state index contributed by atoms with van der Waals surface area (Å²) in [5.74, 6) is 0. The molecule has 4 heteroatoms. The highest BCUT2D eigenvalue weighted by Gasteiger charge is 2.23. The Labute approximate surface area is 100.0 Å². The summed E-state index contributed by atoms with van der Waals surface area (Å²) >= 11 is 6.17. The molecule has 0 amide bonds. The lowest BCUT2D eigenvalue weighted by Gasteiger charge is -2.36. The molecule has 0 saturated carbocycles. The second-order valence-electron chi connectivity index (χ2n) is 3.91. The van der Waals surface area contributed by atoms with Crippen molar-refractivity contribution in [1.82, 2.24) is 0 Å². The Morgan fingerprint density at radius 2 is 2.38 bits per heavy atom. The lowest BCUT2D eigenvalue weighted by molar-refractivity contribution is 0.0985. The van der Waals surface area contributed by atoms with Gasteiger partial charge in [0.15, 0.2) is 6.29 Å². The van der Waals surface area contributed by atoms with E-state index in [0.29, 0.717) is 23.8 Å². The summed E-state index contributed by atoms with van der Waals surface area (Å²) < 4.78 is 5.37. The Morgan fingerprint density at radius 3 is 3.06 bits per heavy atom. The number of anilines is 1. The van der Waals surface area contributed by atoms with Crippen LogP contribution in [-0.4, -0.2) is 32.1 Å². The molecule has 0 N–H and O–H groups in total. The van der Waals surface area contributed by atoms with E-state index in [1.165, 1.54) is 0 Å². The molecule has 1 aromatic rings. The van der Waals surface area contributed by atoms with Crippen LogP contribution >= 0.6 is 11.6 Å². The third-order valence-corrected chi connectivity index (χ3v) is 3.10. The predicted octanol–water partition coefficient (Wildman–Crippen LogP) is 2.38. The van der Waals surface area contributed by atoms with Crippen molar-refractivity contribution in [2.75, 3.05) is 24.7 Å². The molecule has 86 valence electrons. The molecular weight excluding hydrogens is 226 g/mol. The summed E-state index contributed by atoms with van der Waals surface area (Å²) in [5.41, 5.74) is 1.47. The normalized spacial score (nSPS) is 20.9. The van der Waals surface area contributed by atoms with Gasteiger partial charge in [-0.3, -0.25) is 4.79 Å². The van der Waals surface area contributed by atoms with Crippen LogP contribution < -0.4 is 4.90 Å². The molecule has 16 heavy (non-hydrogen) atoms. The maximum atomic E-state index is 11.0. The molecule has 2 rings (SSSR count). The summed E-state index contributed by atoms with van der Waals surface area (Å²) in [4.78, 5) is 13.1. The number of para-hydroxylation sites is 1. The fourth-order valence-electron chi connectivity index (χ4n) is 1.99. The van der Waals surface area contributed by atoms with Crippen LogP contribution in [0.5, 0.6) is 0 Å². The van der Waals surface area contributed by atoms with E-state index in [2.05, 4.69) is 11.8 Å². The topological polar surface area (TPSA) is 29.5 Å². The minimum atomic E-state index is 0.243. The van der Waals surface area contributed by atoms with Crippen LogP contribution in [0.15, 0.2) is 18.2 Å². The van der Waals surface area contributed by atoms with Crippen molar-refractivity contribution < 1.29 is 9.53 Å². The monoisotopic (exact) mass is 239 g/mol. The molecule has 0 radical (unpaired) electrons. The van der Waals surface area contributed by atoms with E-state index in [9.17, 15) is 4.79 Å². The zero-order valence-electron chi connectivity index (χ0n) is 9.15. The van der Waals surface area contributed by atoms with Gasteiger partial charge in [-0.15, -0.1) is 0 Å². The summed E-state index contributed by atoms with van der Waals surface area (Å²) in [6.45, 7) is 4.18. The standard InChI is InChI=1S/C12H14ClNO2/c1-9-8-16-6-5-14(9)12-10(7-15)3-2-4-11(12)13/h2-4,7,9H,5-6,8H2,1H3. The molecule has 1 aliphatic heterocycles. The van der Waals surface area contributed by atoms with Gasteiger partial charge in [0.1, 0.15) is 0 Å². The zero-order chi connectivity index (χ0) is 11.5. The molecular formula is C12H14ClNO2. The molecule has 1 aliphatic rings. The summed E-state index contributed by atoms with van der Waals surface area (Å²) in [5, 5.41) is 0.623. The predicted molar refractivity (Wildman–Crippen MR) is 64.5 cm³/mol. The van der Waals surface area contributed by atoms with Crippen molar-refractivity contribution in [2.45, 2.75) is 13.0 Å². The highest BCUT2D eigenvalue weighted by atomic mass is 35.5. The van der Waals surface area contributed by atoms with Crippen LogP contribution in [0.3, 0.4) is 0 Å². The number of halogens is 1. The van der Waals surface area contributed by atoms with Gasteiger partial charge in [-0.1, -0.05) is 17.7 Å². The van der Waals surface area contributed by atoms with Crippen molar-refractivity contribution in [3.8, 4) is 0 Å². The van der Waals surface area contributed by atoms with E-state index in [0.717, 1.165) is 18.5 Å². The number of benzene rings is 1. The first kappa shape index (κ1) is 11.4. The van der Waals surface area contributed by atoms with Gasteiger partial charge >= 0.3 is 0 Å². The molecule has 0 spiro atoms. The molecule has 0 aromatic heterocycles. The fraction of sp³-hybridized carbons (Fsp3) is 0.417. The van der Waals surface area contributed by atoms with Crippen molar-refractivity contribution >= 4 is 23.6 Å². The van der Waals surface area contributed by atoms with Gasteiger partial charge in [0, 0.05) is 18.2 Å². The minimum Gasteiger partial charge on any atom is -0.377 e. The lowest BCUT2D eigenvalue weighted by atomic mass is 10.1. The first-order valence-corrected chi connectivity index (χ1v) is 5.70. The Balaban J connectivity index is 2.41. The first-order chi connectivity index (χ1) is 7.74. The number of rotatable bonds is 2. The Bertz CT molecular complexity index is 395. The maximum absolute atomic E-state index is 11.0. The number of aldehydes is 1. The van der Waals surface area contributed by atoms with Gasteiger partial charge in [0.05, 0.1) is 23.9 Å². The van der Waals surface area contributed by atoms with E-state index in [1.54, 1.807) is 12.1 Å². The van der Waals surface area contributed by atoms with E-state index >= 15 is 0 Å². The third-order valence-electron chi connectivity index (χ3n) is 2.80. The smallest absolute Gasteiger partial charge is 0.152 e. The first-order valence-electron chi connectivity index (χ1n) is 5.32. The average molecular weight is 240 g/mol. The number of carbonyl (C=O) groups is 1. The average Bonchev–Trinajstić information content (AvgIpc) is 2.30. The molecule has 1 fully saturated rings. The van der Waals surface area contributed by atoms with Crippen LogP contribution in [0.4, 0.5) is 5.69 Å². The van der Waals surface area contributed by atoms with E-state index in [-0.39, 0.29) is 6.04 Å². The van der Waals surface area contributed by atoms with Crippen molar-refractivity contribution in [3.05, 3.63) is 28.8 Å². The molecule has 1 saturated heterocycles. The highest BCUT2D eigenvalue weighted by Crippen LogP contribution is 2.31. The van der Waals surface area contributed by atoms with Gasteiger partial charge in [0.25, 0.3) is 0 Å². The minimum absolute atomic E-state index is 0.243. The summed E-state index contributed by atoms with van der Waals surface area (Å²) in [6.07, 6.45) is 0.851. The van der Waals surface area contributed by atoms with Crippen molar-refractivity contribution in [1.29, 1.82) is 0 Å². The quantitative estimate of drug-likeness (QED) is 0.743. The third kappa shape index (κ3) is 2.06. The number of hydrogen-bond acceptors (Lipinski definition) is 3. The van der Waals surface area contributed by atoms with E-state index in [4.69, 9.17) is 16.3 Å². The highest BCUT2D eigenvalue weighted by molar-refractivity contribution is 6.34. The second kappa shape index (κ2) is 4.85. The van der Waals surface area contributed by atoms with Gasteiger partial charge in [-0.05, 0) is 19.1 Å². The van der Waals surface area contributed by atoms with Crippen molar-refractivity contribution in [2.24, 2.45) is 0 Å². The number of ether oxygens (including phenoxy) is 1. The number of hydrogen-bond donors (Lipinski definition) is 0. The Kier molecular flexibility index (Phi) is 3.46. The summed E-state index contributed by atoms with van der Waals surface area (Å²) in [7, 11) is 0. The fourth-order valence-corrected chi connectivity index (χ4v) is 2.28. The van der Waals surface area contributed by atoms with E-state index in [1.807, 2.05) is 6.07 Å². The molecule has 1 unspecified atom stereocenters. The van der Waals surface area contributed by atoms with Gasteiger partial charge in [-0.25, -0.2) is 0 Å². The van der Waals surface area contributed by atoms with Crippen LogP contribution in [0.2, 0.25) is 5.02 Å². The van der Waals surface area contributed by atoms with E-state index < -0.39 is 0 Å². The largest absolute Gasteiger partial charge is 0.377 e. The molecule has 1 aromatic carbocycles. The Hall–Kier alpha value is -1.06. The lowest BCUT2D eigenvalue weighted by Crippen LogP contribution is -2.44. The zero-order valence-corrected chi connectivity index (χ0v) is 9.91. The number of nitrogens with zero attached hydrogens (tertiary/aromatic N) is 1. The molecule has 1 heterocycles. The van der Waals surface area contributed by atoms with Crippen LogP contribution in [0, 0.1) is 0 Å². The van der Waals surface area contributed by atoms with Gasteiger partial charge < -0.3 is 9.64 Å². The SMILES string of the molecule is CC1COCCN1c1c(Cl)cccc1C=O. The van der Waals surface area contributed by atoms with Crippen LogP contribution in [0.1, 0.15) is 17.3 Å². The molecule has 3 nitrogen and oxygen atoms in total. The van der Waals surface area contributed by atoms with Gasteiger partial charge in [-0.2, -0.15) is 0 Å². The second-order valence-corrected chi connectivity index (χ2v) is 4.32. The molecule has 0 aliphatic carbocycles. The maximum Gasteiger partial charge on any atom is 0.152 e. The van der Waals surface area contributed by atoms with Crippen LogP contribution in [0.25, 0.3) is 0 Å². The summed E-state index contributed by atoms with van der Waals surface area (Å²) in [6, 6.07) is 5.63. The van der Waals surface area contributed by atoms with Crippen molar-refractivity contribution in [3.63, 3.8) is 0 Å². The Morgan fingerprint density at radius 1 is 1.56 bits per heavy atom. The number of carbonyl (C=O) groups excluding carboxylic acids is 1. The number of morpholine rings is 1. The molecule has 1 atom stereocenters. The van der Waals surface area contributed by atoms with Gasteiger partial charge in [0.2, 0.25) is 0 Å². The molecule has 0 bridgehead atoms.